The van der Waals surface area contributed by atoms with Crippen LogP contribution in [0.3, 0.4) is 0 Å². The number of hydrogen-bond acceptors (Lipinski definition) is 5. The Morgan fingerprint density at radius 1 is 1.57 bits per heavy atom. The van der Waals surface area contributed by atoms with E-state index in [9.17, 15) is 4.79 Å². The highest BCUT2D eigenvalue weighted by Crippen LogP contribution is 2.12. The normalized spacial score (nSPS) is 9.79. The third kappa shape index (κ3) is 2.33. The first-order valence-corrected chi connectivity index (χ1v) is 4.09. The Labute approximate surface area is 80.9 Å². The molecule has 0 aliphatic carbocycles. The summed E-state index contributed by atoms with van der Waals surface area (Å²) in [4.78, 5) is 14.4. The Hall–Kier alpha value is -1.82. The van der Waals surface area contributed by atoms with Crippen molar-refractivity contribution in [3.8, 4) is 0 Å². The van der Waals surface area contributed by atoms with Gasteiger partial charge in [-0.15, -0.1) is 0 Å². The maximum Gasteiger partial charge on any atom is 0.339 e. The van der Waals surface area contributed by atoms with Crippen LogP contribution in [-0.2, 0) is 0 Å². The Bertz CT molecular complexity index is 340. The summed E-state index contributed by atoms with van der Waals surface area (Å²) in [5.41, 5.74) is 10.7. The Morgan fingerprint density at radius 2 is 2.29 bits per heavy atom. The van der Waals surface area contributed by atoms with Crippen LogP contribution in [0.5, 0.6) is 0 Å². The summed E-state index contributed by atoms with van der Waals surface area (Å²) in [6.45, 7) is 1.04. The fourth-order valence-electron chi connectivity index (χ4n) is 0.954. The monoisotopic (exact) mass is 196 g/mol. The van der Waals surface area contributed by atoms with E-state index in [1.807, 2.05) is 0 Å². The van der Waals surface area contributed by atoms with Crippen LogP contribution in [0.4, 0.5) is 11.6 Å². The molecule has 0 aliphatic heterocycles. The third-order valence-corrected chi connectivity index (χ3v) is 1.61. The molecule has 0 saturated heterocycles. The lowest BCUT2D eigenvalue weighted by Crippen LogP contribution is -2.15. The van der Waals surface area contributed by atoms with E-state index < -0.39 is 5.97 Å². The van der Waals surface area contributed by atoms with Crippen LogP contribution >= 0.6 is 0 Å². The molecule has 0 fully saturated rings. The zero-order chi connectivity index (χ0) is 10.6. The summed E-state index contributed by atoms with van der Waals surface area (Å²) >= 11 is 0. The average molecular weight is 196 g/mol. The number of aromatic nitrogens is 1. The molecular formula is C8H12N4O2. The number of rotatable bonds is 4. The quantitative estimate of drug-likeness (QED) is 0.527. The molecule has 1 heterocycles. The van der Waals surface area contributed by atoms with Gasteiger partial charge in [0.05, 0.1) is 0 Å². The minimum atomic E-state index is -1.08. The van der Waals surface area contributed by atoms with Gasteiger partial charge in [-0.25, -0.2) is 9.78 Å². The summed E-state index contributed by atoms with van der Waals surface area (Å²) in [7, 11) is 0. The van der Waals surface area contributed by atoms with E-state index in [0.29, 0.717) is 18.9 Å². The number of pyridine rings is 1. The number of nitrogens with one attached hydrogen (secondary N) is 1. The number of carboxylic acid groups (broad SMARTS) is 1. The van der Waals surface area contributed by atoms with Gasteiger partial charge in [0.2, 0.25) is 0 Å². The SMILES string of the molecule is NCCNc1ccc(C(=O)O)c(N)n1. The Balaban J connectivity index is 2.83. The molecule has 6 nitrogen and oxygen atoms in total. The fourth-order valence-corrected chi connectivity index (χ4v) is 0.954. The van der Waals surface area contributed by atoms with Crippen molar-refractivity contribution in [3.05, 3.63) is 17.7 Å². The lowest BCUT2D eigenvalue weighted by Gasteiger charge is -2.05. The lowest BCUT2D eigenvalue weighted by molar-refractivity contribution is 0.0698. The van der Waals surface area contributed by atoms with Crippen molar-refractivity contribution in [2.45, 2.75) is 0 Å². The van der Waals surface area contributed by atoms with Crippen LogP contribution in [0.25, 0.3) is 0 Å². The van der Waals surface area contributed by atoms with E-state index in [-0.39, 0.29) is 11.4 Å². The largest absolute Gasteiger partial charge is 0.478 e. The maximum absolute atomic E-state index is 10.6. The van der Waals surface area contributed by atoms with Gasteiger partial charge >= 0.3 is 5.97 Å². The highest BCUT2D eigenvalue weighted by Gasteiger charge is 2.08. The maximum atomic E-state index is 10.6. The zero-order valence-corrected chi connectivity index (χ0v) is 7.53. The molecule has 6 N–H and O–H groups in total. The summed E-state index contributed by atoms with van der Waals surface area (Å²) in [5, 5.41) is 11.6. The third-order valence-electron chi connectivity index (χ3n) is 1.61. The smallest absolute Gasteiger partial charge is 0.339 e. The van der Waals surface area contributed by atoms with Crippen LogP contribution < -0.4 is 16.8 Å². The van der Waals surface area contributed by atoms with Gasteiger partial charge in [-0.05, 0) is 12.1 Å². The minimum absolute atomic E-state index is 0.000443. The van der Waals surface area contributed by atoms with Gasteiger partial charge in [0.1, 0.15) is 17.2 Å². The van der Waals surface area contributed by atoms with Crippen molar-refractivity contribution in [1.29, 1.82) is 0 Å². The van der Waals surface area contributed by atoms with Crippen molar-refractivity contribution in [2.75, 3.05) is 24.1 Å². The highest BCUT2D eigenvalue weighted by atomic mass is 16.4. The van der Waals surface area contributed by atoms with E-state index in [4.69, 9.17) is 16.6 Å². The number of carbonyl (C=O) groups is 1. The predicted octanol–water partition coefficient (Wildman–Crippen LogP) is -0.267. The number of carboxylic acids is 1. The fraction of sp³-hybridized carbons (Fsp3) is 0.250. The first-order valence-electron chi connectivity index (χ1n) is 4.09. The summed E-state index contributed by atoms with van der Waals surface area (Å²) < 4.78 is 0. The van der Waals surface area contributed by atoms with E-state index >= 15 is 0 Å². The number of nitrogens with zero attached hydrogens (tertiary/aromatic N) is 1. The molecule has 0 saturated carbocycles. The molecule has 0 unspecified atom stereocenters. The molecular weight excluding hydrogens is 184 g/mol. The van der Waals surface area contributed by atoms with Crippen molar-refractivity contribution in [2.24, 2.45) is 5.73 Å². The van der Waals surface area contributed by atoms with Crippen LogP contribution in [-0.4, -0.2) is 29.1 Å². The zero-order valence-electron chi connectivity index (χ0n) is 7.53. The van der Waals surface area contributed by atoms with Crippen molar-refractivity contribution < 1.29 is 9.90 Å². The molecule has 76 valence electrons. The molecule has 0 bridgehead atoms. The molecule has 0 aromatic carbocycles. The minimum Gasteiger partial charge on any atom is -0.478 e. The molecule has 0 spiro atoms. The number of nitrogen functional groups attached to an aromatic ring is 1. The second-order valence-electron chi connectivity index (χ2n) is 2.65. The molecule has 0 amide bonds. The van der Waals surface area contributed by atoms with Crippen molar-refractivity contribution in [1.82, 2.24) is 4.98 Å². The summed E-state index contributed by atoms with van der Waals surface area (Å²) in [6.07, 6.45) is 0. The van der Waals surface area contributed by atoms with Gasteiger partial charge in [0, 0.05) is 13.1 Å². The molecule has 1 aromatic heterocycles. The predicted molar refractivity (Wildman–Crippen MR) is 53.2 cm³/mol. The molecule has 14 heavy (non-hydrogen) atoms. The average Bonchev–Trinajstić information content (AvgIpc) is 2.14. The molecule has 1 aromatic rings. The summed E-state index contributed by atoms with van der Waals surface area (Å²) in [5.74, 6) is -0.558. The van der Waals surface area contributed by atoms with Gasteiger partial charge in [0.15, 0.2) is 0 Å². The first-order chi connectivity index (χ1) is 6.65. The number of anilines is 2. The molecule has 0 atom stereocenters. The number of hydrogen-bond donors (Lipinski definition) is 4. The standard InChI is InChI=1S/C8H12N4O2/c9-3-4-11-6-2-1-5(8(13)14)7(10)12-6/h1-2H,3-4,9H2,(H,13,14)(H3,10,11,12). The van der Waals surface area contributed by atoms with E-state index in [1.54, 1.807) is 6.07 Å². The van der Waals surface area contributed by atoms with Gasteiger partial charge in [-0.1, -0.05) is 0 Å². The van der Waals surface area contributed by atoms with Crippen LogP contribution in [0.15, 0.2) is 12.1 Å². The van der Waals surface area contributed by atoms with E-state index in [1.165, 1.54) is 6.07 Å². The molecule has 6 heteroatoms. The first kappa shape index (κ1) is 10.3. The van der Waals surface area contributed by atoms with Gasteiger partial charge in [-0.3, -0.25) is 0 Å². The van der Waals surface area contributed by atoms with Gasteiger partial charge in [-0.2, -0.15) is 0 Å². The Morgan fingerprint density at radius 3 is 2.79 bits per heavy atom. The Kier molecular flexibility index (Phi) is 3.24. The lowest BCUT2D eigenvalue weighted by atomic mass is 10.2. The van der Waals surface area contributed by atoms with Crippen LogP contribution in [0.1, 0.15) is 10.4 Å². The van der Waals surface area contributed by atoms with Gasteiger partial charge in [0.25, 0.3) is 0 Å². The second kappa shape index (κ2) is 4.43. The van der Waals surface area contributed by atoms with Crippen molar-refractivity contribution >= 4 is 17.6 Å². The van der Waals surface area contributed by atoms with Gasteiger partial charge < -0.3 is 21.9 Å². The van der Waals surface area contributed by atoms with Crippen molar-refractivity contribution in [3.63, 3.8) is 0 Å². The van der Waals surface area contributed by atoms with Crippen LogP contribution in [0, 0.1) is 0 Å². The molecule has 0 aliphatic rings. The molecule has 0 radical (unpaired) electrons. The molecule has 1 rings (SSSR count). The topological polar surface area (TPSA) is 114 Å². The van der Waals surface area contributed by atoms with Crippen LogP contribution in [0.2, 0.25) is 0 Å². The number of aromatic carboxylic acids is 1. The highest BCUT2D eigenvalue weighted by molar-refractivity contribution is 5.92. The van der Waals surface area contributed by atoms with E-state index in [2.05, 4.69) is 10.3 Å². The van der Waals surface area contributed by atoms with E-state index in [0.717, 1.165) is 0 Å². The number of nitrogens with two attached hydrogens (primary N) is 2. The summed E-state index contributed by atoms with van der Waals surface area (Å²) in [6, 6.07) is 2.96. The second-order valence-corrected chi connectivity index (χ2v) is 2.65.